The van der Waals surface area contributed by atoms with Crippen molar-refractivity contribution in [1.82, 2.24) is 9.71 Å². The quantitative estimate of drug-likeness (QED) is 0.704. The molecule has 12 heteroatoms. The first-order valence-corrected chi connectivity index (χ1v) is 9.81. The summed E-state index contributed by atoms with van der Waals surface area (Å²) in [6.07, 6.45) is -3.37. The number of aliphatic hydroxyl groups excluding tert-OH is 1. The van der Waals surface area contributed by atoms with Crippen LogP contribution in [0.3, 0.4) is 0 Å². The van der Waals surface area contributed by atoms with Crippen molar-refractivity contribution in [2.45, 2.75) is 25.9 Å². The van der Waals surface area contributed by atoms with E-state index in [2.05, 4.69) is 4.98 Å². The van der Waals surface area contributed by atoms with Crippen molar-refractivity contribution >= 4 is 27.2 Å². The molecule has 0 aliphatic carbocycles. The fraction of sp³-hybridized carbons (Fsp3) is 0.267. The zero-order chi connectivity index (χ0) is 20.0. The Morgan fingerprint density at radius 3 is 2.52 bits per heavy atom. The smallest absolute Gasteiger partial charge is 0.434 e. The number of thiazole rings is 1. The van der Waals surface area contributed by atoms with E-state index >= 15 is 0 Å². The SMILES string of the molecule is Cc1nc(C(F)(F)F)c(CCc2ccc(N3C=C(O)NS3(=O)=O)c(O)c2)s1. The number of phenolic OH excluding ortho intramolecular Hbond substituents is 1. The minimum Gasteiger partial charge on any atom is -0.506 e. The van der Waals surface area contributed by atoms with Crippen LogP contribution in [0.15, 0.2) is 30.3 Å². The molecule has 7 nitrogen and oxygen atoms in total. The molecule has 146 valence electrons. The maximum Gasteiger partial charge on any atom is 0.434 e. The minimum atomic E-state index is -4.53. The first kappa shape index (κ1) is 19.3. The summed E-state index contributed by atoms with van der Waals surface area (Å²) in [6.45, 7) is 1.50. The second-order valence-corrected chi connectivity index (χ2v) is 8.58. The van der Waals surface area contributed by atoms with Gasteiger partial charge in [-0.2, -0.15) is 21.6 Å². The Labute approximate surface area is 156 Å². The maximum absolute atomic E-state index is 13.0. The number of nitrogens with one attached hydrogen (secondary N) is 1. The van der Waals surface area contributed by atoms with Gasteiger partial charge >= 0.3 is 16.4 Å². The molecule has 0 unspecified atom stereocenters. The number of aliphatic hydroxyl groups is 1. The Morgan fingerprint density at radius 1 is 1.26 bits per heavy atom. The van der Waals surface area contributed by atoms with Gasteiger partial charge in [-0.25, -0.2) is 14.0 Å². The molecule has 1 aliphatic heterocycles. The van der Waals surface area contributed by atoms with Crippen molar-refractivity contribution in [1.29, 1.82) is 0 Å². The van der Waals surface area contributed by atoms with Gasteiger partial charge in [0.2, 0.25) is 5.88 Å². The van der Waals surface area contributed by atoms with Crippen LogP contribution in [-0.2, 0) is 29.2 Å². The molecule has 0 bridgehead atoms. The normalized spacial score (nSPS) is 16.3. The van der Waals surface area contributed by atoms with E-state index in [4.69, 9.17) is 0 Å². The Kier molecular flexibility index (Phi) is 4.72. The Bertz CT molecular complexity index is 1020. The molecular weight excluding hydrogens is 407 g/mol. The molecule has 0 amide bonds. The van der Waals surface area contributed by atoms with Gasteiger partial charge < -0.3 is 10.2 Å². The summed E-state index contributed by atoms with van der Waals surface area (Å²) in [7, 11) is -4.05. The number of halogens is 3. The molecule has 0 fully saturated rings. The lowest BCUT2D eigenvalue weighted by Gasteiger charge is -2.16. The summed E-state index contributed by atoms with van der Waals surface area (Å²) in [5, 5.41) is 19.7. The molecule has 3 N–H and O–H groups in total. The van der Waals surface area contributed by atoms with Crippen LogP contribution in [0.5, 0.6) is 5.75 Å². The average Bonchev–Trinajstić information content (AvgIpc) is 3.04. The standard InChI is InChI=1S/C15H14F3N3O4S2/c1-8-19-14(15(16,17)18)12(26-8)5-3-9-2-4-10(11(22)6-9)21-7-13(23)20-27(21,24)25/h2,4,6-7,20,22-23H,3,5H2,1H3. The van der Waals surface area contributed by atoms with E-state index in [1.807, 2.05) is 4.72 Å². The minimum absolute atomic E-state index is 0.0728. The van der Waals surface area contributed by atoms with Gasteiger partial charge in [-0.3, -0.25) is 0 Å². The van der Waals surface area contributed by atoms with Crippen LogP contribution in [0, 0.1) is 6.92 Å². The number of rotatable bonds is 4. The van der Waals surface area contributed by atoms with Gasteiger partial charge in [0, 0.05) is 4.88 Å². The molecule has 2 heterocycles. The summed E-state index contributed by atoms with van der Waals surface area (Å²) >= 11 is 0.963. The lowest BCUT2D eigenvalue weighted by atomic mass is 10.1. The third-order valence-corrected chi connectivity index (χ3v) is 6.04. The number of benzene rings is 1. The topological polar surface area (TPSA) is 103 Å². The molecule has 0 atom stereocenters. The number of phenols is 1. The van der Waals surface area contributed by atoms with Gasteiger partial charge in [-0.15, -0.1) is 11.3 Å². The molecule has 3 rings (SSSR count). The summed E-state index contributed by atoms with van der Waals surface area (Å²) < 4.78 is 65.1. The Balaban J connectivity index is 1.80. The second kappa shape index (κ2) is 6.60. The van der Waals surface area contributed by atoms with E-state index in [9.17, 15) is 31.8 Å². The first-order chi connectivity index (χ1) is 12.5. The lowest BCUT2D eigenvalue weighted by molar-refractivity contribution is -0.141. The van der Waals surface area contributed by atoms with Crippen molar-refractivity contribution in [3.05, 3.63) is 51.4 Å². The van der Waals surface area contributed by atoms with Gasteiger partial charge in [0.1, 0.15) is 11.4 Å². The van der Waals surface area contributed by atoms with Gasteiger partial charge in [0.05, 0.1) is 11.2 Å². The molecule has 1 aromatic heterocycles. The zero-order valence-electron chi connectivity index (χ0n) is 13.8. The third-order valence-electron chi connectivity index (χ3n) is 3.72. The lowest BCUT2D eigenvalue weighted by Crippen LogP contribution is -2.29. The Morgan fingerprint density at radius 2 is 1.96 bits per heavy atom. The van der Waals surface area contributed by atoms with Crippen molar-refractivity contribution in [3.8, 4) is 5.75 Å². The summed E-state index contributed by atoms with van der Waals surface area (Å²) in [5.41, 5.74) is -0.478. The maximum atomic E-state index is 13.0. The van der Waals surface area contributed by atoms with Crippen molar-refractivity contribution in [2.75, 3.05) is 4.31 Å². The van der Waals surface area contributed by atoms with Crippen LogP contribution in [0.1, 0.15) is 21.1 Å². The second-order valence-electron chi connectivity index (χ2n) is 5.74. The highest BCUT2D eigenvalue weighted by atomic mass is 32.2. The van der Waals surface area contributed by atoms with E-state index in [1.54, 1.807) is 0 Å². The number of anilines is 1. The highest BCUT2D eigenvalue weighted by molar-refractivity contribution is 7.91. The van der Waals surface area contributed by atoms with Crippen LogP contribution >= 0.6 is 11.3 Å². The number of aryl methyl sites for hydroxylation is 3. The van der Waals surface area contributed by atoms with Crippen LogP contribution in [0.4, 0.5) is 18.9 Å². The van der Waals surface area contributed by atoms with E-state index in [-0.39, 0.29) is 29.2 Å². The fourth-order valence-corrected chi connectivity index (χ4v) is 4.64. The number of alkyl halides is 3. The van der Waals surface area contributed by atoms with Crippen LogP contribution < -0.4 is 9.03 Å². The van der Waals surface area contributed by atoms with Crippen molar-refractivity contribution in [3.63, 3.8) is 0 Å². The van der Waals surface area contributed by atoms with Crippen molar-refractivity contribution < 1.29 is 31.8 Å². The van der Waals surface area contributed by atoms with E-state index < -0.39 is 28.0 Å². The molecular formula is C15H14F3N3O4S2. The highest BCUT2D eigenvalue weighted by Gasteiger charge is 2.36. The number of hydrogen-bond donors (Lipinski definition) is 3. The Hall–Kier alpha value is -2.47. The predicted molar refractivity (Wildman–Crippen MR) is 92.6 cm³/mol. The van der Waals surface area contributed by atoms with Gasteiger partial charge in [0.25, 0.3) is 0 Å². The molecule has 1 aromatic carbocycles. The van der Waals surface area contributed by atoms with E-state index in [0.29, 0.717) is 14.9 Å². The number of aromatic nitrogens is 1. The highest BCUT2D eigenvalue weighted by Crippen LogP contribution is 2.36. The predicted octanol–water partition coefficient (Wildman–Crippen LogP) is 2.97. The molecule has 0 radical (unpaired) electrons. The molecule has 27 heavy (non-hydrogen) atoms. The largest absolute Gasteiger partial charge is 0.506 e. The molecule has 0 saturated heterocycles. The average molecular weight is 421 g/mol. The fourth-order valence-electron chi connectivity index (χ4n) is 2.62. The van der Waals surface area contributed by atoms with Crippen molar-refractivity contribution in [2.24, 2.45) is 0 Å². The number of aromatic hydroxyl groups is 1. The molecule has 2 aromatic rings. The van der Waals surface area contributed by atoms with Crippen LogP contribution in [0.25, 0.3) is 0 Å². The number of hydrogen-bond acceptors (Lipinski definition) is 6. The third kappa shape index (κ3) is 3.95. The first-order valence-electron chi connectivity index (χ1n) is 7.56. The number of nitrogens with zero attached hydrogens (tertiary/aromatic N) is 2. The van der Waals surface area contributed by atoms with Gasteiger partial charge in [-0.05, 0) is 37.5 Å². The monoisotopic (exact) mass is 421 g/mol. The van der Waals surface area contributed by atoms with Crippen LogP contribution in [0.2, 0.25) is 0 Å². The van der Waals surface area contributed by atoms with Gasteiger partial charge in [-0.1, -0.05) is 6.07 Å². The summed E-state index contributed by atoms with van der Waals surface area (Å²) in [6, 6.07) is 4.08. The zero-order valence-corrected chi connectivity index (χ0v) is 15.4. The molecule has 1 aliphatic rings. The summed E-state index contributed by atoms with van der Waals surface area (Å²) in [4.78, 5) is 3.63. The molecule has 0 saturated carbocycles. The molecule has 0 spiro atoms. The van der Waals surface area contributed by atoms with E-state index in [0.717, 1.165) is 17.5 Å². The van der Waals surface area contributed by atoms with Gasteiger partial charge in [0.15, 0.2) is 5.69 Å². The van der Waals surface area contributed by atoms with E-state index in [1.165, 1.54) is 25.1 Å². The summed E-state index contributed by atoms with van der Waals surface area (Å²) in [5.74, 6) is -0.987. The van der Waals surface area contributed by atoms with Crippen LogP contribution in [-0.4, -0.2) is 23.6 Å².